The number of carbonyl (C=O) groups excluding carboxylic acids is 2. The zero-order valence-electron chi connectivity index (χ0n) is 21.8. The Morgan fingerprint density at radius 3 is 2.50 bits per heavy atom. The largest absolute Gasteiger partial charge is 0.481 e. The summed E-state index contributed by atoms with van der Waals surface area (Å²) in [6, 6.07) is 4.43. The number of rotatable bonds is 9. The lowest BCUT2D eigenvalue weighted by atomic mass is 9.66. The van der Waals surface area contributed by atoms with Gasteiger partial charge in [-0.15, -0.1) is 18.3 Å². The third-order valence-electron chi connectivity index (χ3n) is 8.83. The lowest BCUT2D eigenvalue weighted by Crippen LogP contribution is -2.60. The first-order chi connectivity index (χ1) is 17.1. The maximum Gasteiger partial charge on any atom is 0.308 e. The Morgan fingerprint density at radius 1 is 1.33 bits per heavy atom. The lowest BCUT2D eigenvalue weighted by molar-refractivity contribution is -0.150. The van der Waals surface area contributed by atoms with E-state index in [1.807, 2.05) is 52.8 Å². The second kappa shape index (κ2) is 9.86. The van der Waals surface area contributed by atoms with E-state index < -0.39 is 34.6 Å². The van der Waals surface area contributed by atoms with Crippen LogP contribution in [0, 0.1) is 37.5 Å². The highest BCUT2D eigenvalue weighted by molar-refractivity contribution is 8.02. The molecule has 8 atom stereocenters. The fourth-order valence-corrected chi connectivity index (χ4v) is 9.39. The number of likely N-dealkylation sites (tertiary alicyclic amines) is 1. The summed E-state index contributed by atoms with van der Waals surface area (Å²) in [5.74, 6) is -3.20. The molecule has 1 aromatic rings. The molecule has 3 saturated heterocycles. The average Bonchev–Trinajstić information content (AvgIpc) is 3.42. The predicted octanol–water partition coefficient (Wildman–Crippen LogP) is 3.65. The summed E-state index contributed by atoms with van der Waals surface area (Å²) in [6.45, 7) is 13.8. The summed E-state index contributed by atoms with van der Waals surface area (Å²) in [4.78, 5) is 44.6. The summed E-state index contributed by atoms with van der Waals surface area (Å²) in [5, 5.41) is 20.4. The zero-order chi connectivity index (χ0) is 26.5. The number of fused-ring (bicyclic) bond motifs is 1. The molecular weight excluding hydrogens is 476 g/mol. The first-order valence-corrected chi connectivity index (χ1v) is 13.8. The van der Waals surface area contributed by atoms with E-state index in [9.17, 15) is 24.6 Å². The number of carbonyl (C=O) groups is 3. The number of aliphatic hydroxyl groups is 1. The van der Waals surface area contributed by atoms with Crippen LogP contribution in [0.5, 0.6) is 0 Å². The van der Waals surface area contributed by atoms with Crippen molar-refractivity contribution >= 4 is 35.2 Å². The van der Waals surface area contributed by atoms with Gasteiger partial charge in [0.1, 0.15) is 6.04 Å². The van der Waals surface area contributed by atoms with E-state index in [0.29, 0.717) is 12.8 Å². The van der Waals surface area contributed by atoms with E-state index >= 15 is 0 Å². The molecule has 36 heavy (non-hydrogen) atoms. The van der Waals surface area contributed by atoms with E-state index in [1.54, 1.807) is 15.9 Å². The van der Waals surface area contributed by atoms with Crippen molar-refractivity contribution in [3.63, 3.8) is 0 Å². The van der Waals surface area contributed by atoms with Crippen LogP contribution >= 0.6 is 11.8 Å². The highest BCUT2D eigenvalue weighted by Gasteiger charge is 2.77. The third kappa shape index (κ3) is 3.71. The fraction of sp³-hybridized carbons (Fsp3) is 0.607. The molecule has 0 aromatic heterocycles. The Morgan fingerprint density at radius 2 is 1.97 bits per heavy atom. The minimum absolute atomic E-state index is 0.0178. The maximum absolute atomic E-state index is 14.7. The maximum atomic E-state index is 14.7. The van der Waals surface area contributed by atoms with Crippen LogP contribution in [-0.4, -0.2) is 68.1 Å². The molecule has 3 heterocycles. The number of anilines is 1. The average molecular weight is 515 g/mol. The number of nitrogens with zero attached hydrogens (tertiary/aromatic N) is 2. The van der Waals surface area contributed by atoms with Crippen molar-refractivity contribution in [2.24, 2.45) is 23.7 Å². The molecule has 1 aromatic carbocycles. The van der Waals surface area contributed by atoms with Crippen molar-refractivity contribution in [3.05, 3.63) is 42.0 Å². The molecule has 3 unspecified atom stereocenters. The number of hydrogen-bond acceptors (Lipinski definition) is 5. The van der Waals surface area contributed by atoms with Gasteiger partial charge in [-0.3, -0.25) is 14.4 Å². The summed E-state index contributed by atoms with van der Waals surface area (Å²) in [7, 11) is 0. The van der Waals surface area contributed by atoms with Crippen LogP contribution in [0.4, 0.5) is 5.69 Å². The molecule has 2 N–H and O–H groups in total. The van der Waals surface area contributed by atoms with Crippen molar-refractivity contribution in [2.75, 3.05) is 18.1 Å². The molecule has 3 aliphatic heterocycles. The Bertz CT molecular complexity index is 1060. The second-order valence-corrected chi connectivity index (χ2v) is 12.3. The highest BCUT2D eigenvalue weighted by Crippen LogP contribution is 2.69. The van der Waals surface area contributed by atoms with Gasteiger partial charge in [0.25, 0.3) is 5.91 Å². The van der Waals surface area contributed by atoms with Crippen molar-refractivity contribution in [1.29, 1.82) is 0 Å². The van der Waals surface area contributed by atoms with Gasteiger partial charge in [-0.05, 0) is 43.2 Å². The van der Waals surface area contributed by atoms with Gasteiger partial charge >= 0.3 is 5.97 Å². The smallest absolute Gasteiger partial charge is 0.308 e. The number of thioether (sulfide) groups is 1. The lowest BCUT2D eigenvalue weighted by Gasteiger charge is -2.43. The molecule has 0 radical (unpaired) electrons. The van der Waals surface area contributed by atoms with E-state index in [-0.39, 0.29) is 42.1 Å². The van der Waals surface area contributed by atoms with Crippen LogP contribution < -0.4 is 4.90 Å². The molecule has 0 aliphatic carbocycles. The number of aliphatic hydroxyl groups excluding tert-OH is 1. The van der Waals surface area contributed by atoms with Crippen LogP contribution in [0.1, 0.15) is 44.7 Å². The van der Waals surface area contributed by atoms with Crippen molar-refractivity contribution in [1.82, 2.24) is 4.90 Å². The predicted molar refractivity (Wildman–Crippen MR) is 142 cm³/mol. The zero-order valence-corrected chi connectivity index (χ0v) is 22.6. The number of carboxylic acids is 1. The highest BCUT2D eigenvalue weighted by atomic mass is 32.2. The molecule has 4 rings (SSSR count). The molecule has 196 valence electrons. The molecule has 0 saturated carbocycles. The number of hydrogen-bond donors (Lipinski definition) is 2. The van der Waals surface area contributed by atoms with Gasteiger partial charge in [-0.1, -0.05) is 51.5 Å². The Hall–Kier alpha value is -2.32. The Labute approximate surface area is 217 Å². The summed E-state index contributed by atoms with van der Waals surface area (Å²) < 4.78 is -0.848. The van der Waals surface area contributed by atoms with Gasteiger partial charge in [0, 0.05) is 17.5 Å². The molecule has 2 amide bonds. The topological polar surface area (TPSA) is 98.2 Å². The van der Waals surface area contributed by atoms with Crippen molar-refractivity contribution < 1.29 is 24.6 Å². The van der Waals surface area contributed by atoms with Gasteiger partial charge < -0.3 is 20.0 Å². The second-order valence-electron chi connectivity index (χ2n) is 10.7. The van der Waals surface area contributed by atoms with E-state index in [0.717, 1.165) is 16.8 Å². The molecular formula is C28H38N2O5S. The monoisotopic (exact) mass is 514 g/mol. The van der Waals surface area contributed by atoms with Gasteiger partial charge in [0.15, 0.2) is 0 Å². The van der Waals surface area contributed by atoms with E-state index in [1.165, 1.54) is 11.8 Å². The van der Waals surface area contributed by atoms with Crippen LogP contribution in [0.3, 0.4) is 0 Å². The number of aliphatic carboxylic acids is 1. The Kier molecular flexibility index (Phi) is 7.32. The number of aryl methyl sites for hydroxylation is 2. The third-order valence-corrected chi connectivity index (χ3v) is 10.9. The van der Waals surface area contributed by atoms with Gasteiger partial charge in [0.05, 0.1) is 29.2 Å². The van der Waals surface area contributed by atoms with Crippen LogP contribution in [0.15, 0.2) is 30.9 Å². The van der Waals surface area contributed by atoms with Crippen LogP contribution in [0.25, 0.3) is 0 Å². The van der Waals surface area contributed by atoms with E-state index in [4.69, 9.17) is 0 Å². The van der Waals surface area contributed by atoms with Gasteiger partial charge in [-0.2, -0.15) is 0 Å². The molecule has 2 bridgehead atoms. The summed E-state index contributed by atoms with van der Waals surface area (Å²) in [5.41, 5.74) is 2.67. The number of amides is 2. The minimum Gasteiger partial charge on any atom is -0.481 e. The molecule has 3 aliphatic rings. The number of para-hydroxylation sites is 1. The van der Waals surface area contributed by atoms with Crippen molar-refractivity contribution in [3.8, 4) is 0 Å². The number of benzene rings is 1. The summed E-state index contributed by atoms with van der Waals surface area (Å²) in [6.07, 6.45) is 3.05. The molecule has 8 heteroatoms. The quantitative estimate of drug-likeness (QED) is 0.488. The van der Waals surface area contributed by atoms with Gasteiger partial charge in [0.2, 0.25) is 5.91 Å². The van der Waals surface area contributed by atoms with Gasteiger partial charge in [-0.25, -0.2) is 0 Å². The van der Waals surface area contributed by atoms with Crippen LogP contribution in [0.2, 0.25) is 0 Å². The fourth-order valence-electron chi connectivity index (χ4n) is 6.99. The minimum atomic E-state index is -0.977. The first-order valence-electron chi connectivity index (χ1n) is 12.9. The SMILES string of the molecule is C=CCN(C(=O)C1N([C@@H](CO)[C@@H](C)CC)C(=O)[C@@H]2[C@H](C(=O)O)[C@@H]3CC(C)C12S3)c1c(C)cccc1C. The van der Waals surface area contributed by atoms with Crippen LogP contribution in [-0.2, 0) is 14.4 Å². The molecule has 7 nitrogen and oxygen atoms in total. The van der Waals surface area contributed by atoms with Crippen molar-refractivity contribution in [2.45, 2.75) is 69.5 Å². The molecule has 1 spiro atoms. The first kappa shape index (κ1) is 26.7. The van der Waals surface area contributed by atoms with E-state index in [2.05, 4.69) is 6.58 Å². The summed E-state index contributed by atoms with van der Waals surface area (Å²) >= 11 is 1.53. The standard InChI is InChI=1S/C28H38N2O5S/c1-7-12-29(23-16(4)10-9-11-17(23)5)26(33)24-28-18(6)13-20(36-28)21(27(34)35)22(28)25(32)30(24)19(14-31)15(3)8-2/h7,9-11,15,18-22,24,31H,1,8,12-14H2,2-6H3,(H,34,35)/t15-,18?,19-,20-,21+,22-,24?,28?/m0/s1. The number of carboxylic acid groups (broad SMARTS) is 1. The molecule has 3 fully saturated rings. The normalized spacial score (nSPS) is 32.3. The Balaban J connectivity index is 1.92.